The Morgan fingerprint density at radius 2 is 1.68 bits per heavy atom. The van der Waals surface area contributed by atoms with Crippen molar-refractivity contribution in [3.05, 3.63) is 65.2 Å². The van der Waals surface area contributed by atoms with Gasteiger partial charge in [0, 0.05) is 30.7 Å². The van der Waals surface area contributed by atoms with Crippen molar-refractivity contribution in [2.24, 2.45) is 5.92 Å². The monoisotopic (exact) mass is 376 g/mol. The number of benzene rings is 2. The summed E-state index contributed by atoms with van der Waals surface area (Å²) in [6.07, 6.45) is 2.88. The Bertz CT molecular complexity index is 884. The molecular weight excluding hydrogens is 348 g/mol. The Hall–Kier alpha value is -2.62. The third-order valence-electron chi connectivity index (χ3n) is 6.24. The van der Waals surface area contributed by atoms with E-state index < -0.39 is 0 Å². The maximum absolute atomic E-state index is 13.2. The van der Waals surface area contributed by atoms with Gasteiger partial charge in [0.15, 0.2) is 0 Å². The predicted octanol–water partition coefficient (Wildman–Crippen LogP) is 3.75. The van der Waals surface area contributed by atoms with Gasteiger partial charge in [-0.3, -0.25) is 9.59 Å². The van der Waals surface area contributed by atoms with E-state index in [0.717, 1.165) is 36.1 Å². The van der Waals surface area contributed by atoms with Crippen molar-refractivity contribution < 1.29 is 9.59 Å². The third kappa shape index (κ3) is 3.56. The zero-order chi connectivity index (χ0) is 19.7. The number of aryl methyl sites for hydroxylation is 1. The first-order valence-corrected chi connectivity index (χ1v) is 10.3. The quantitative estimate of drug-likeness (QED) is 0.818. The Labute approximate surface area is 167 Å². The first kappa shape index (κ1) is 18.7. The van der Waals surface area contributed by atoms with Gasteiger partial charge in [-0.1, -0.05) is 42.5 Å². The van der Waals surface area contributed by atoms with Crippen molar-refractivity contribution in [1.29, 1.82) is 0 Å². The molecule has 28 heavy (non-hydrogen) atoms. The van der Waals surface area contributed by atoms with E-state index in [1.807, 2.05) is 53.1 Å². The van der Waals surface area contributed by atoms with Crippen LogP contribution in [0.3, 0.4) is 0 Å². The van der Waals surface area contributed by atoms with E-state index in [-0.39, 0.29) is 23.8 Å². The average Bonchev–Trinajstić information content (AvgIpc) is 3.05. The lowest BCUT2D eigenvalue weighted by Gasteiger charge is -2.34. The van der Waals surface area contributed by atoms with Crippen molar-refractivity contribution in [1.82, 2.24) is 4.90 Å². The van der Waals surface area contributed by atoms with Crippen LogP contribution in [0.15, 0.2) is 48.5 Å². The number of anilines is 1. The molecule has 1 unspecified atom stereocenters. The van der Waals surface area contributed by atoms with Crippen molar-refractivity contribution >= 4 is 17.5 Å². The molecule has 0 radical (unpaired) electrons. The molecule has 2 heterocycles. The van der Waals surface area contributed by atoms with Gasteiger partial charge in [-0.2, -0.15) is 0 Å². The lowest BCUT2D eigenvalue weighted by Crippen LogP contribution is -2.46. The summed E-state index contributed by atoms with van der Waals surface area (Å²) in [6.45, 7) is 5.51. The molecule has 2 aromatic carbocycles. The molecule has 2 aliphatic rings. The molecule has 0 spiro atoms. The summed E-state index contributed by atoms with van der Waals surface area (Å²) in [6, 6.07) is 16.5. The van der Waals surface area contributed by atoms with Crippen LogP contribution in [0, 0.1) is 12.8 Å². The second-order valence-electron chi connectivity index (χ2n) is 8.15. The van der Waals surface area contributed by atoms with Crippen LogP contribution >= 0.6 is 0 Å². The highest BCUT2D eigenvalue weighted by atomic mass is 16.2. The standard InChI is InChI=1S/C24H28N2O2/c1-17-7-3-4-8-20(17)16-23(27)25-13-11-19(12-14-25)24(28)26-18(2)15-21-9-5-6-10-22(21)26/h3-10,18-19H,11-16H2,1-2H3. The molecule has 4 rings (SSSR count). The van der Waals surface area contributed by atoms with Gasteiger partial charge in [-0.25, -0.2) is 0 Å². The van der Waals surface area contributed by atoms with Crippen LogP contribution in [0.1, 0.15) is 36.5 Å². The second-order valence-corrected chi connectivity index (χ2v) is 8.15. The summed E-state index contributed by atoms with van der Waals surface area (Å²) >= 11 is 0. The molecule has 0 bridgehead atoms. The lowest BCUT2D eigenvalue weighted by atomic mass is 9.94. The van der Waals surface area contributed by atoms with Crippen LogP contribution in [0.25, 0.3) is 0 Å². The fourth-order valence-corrected chi connectivity index (χ4v) is 4.56. The Kier molecular flexibility index (Phi) is 5.21. The summed E-state index contributed by atoms with van der Waals surface area (Å²) < 4.78 is 0. The summed E-state index contributed by atoms with van der Waals surface area (Å²) in [5.41, 5.74) is 4.57. The van der Waals surface area contributed by atoms with Crippen LogP contribution in [0.5, 0.6) is 0 Å². The van der Waals surface area contributed by atoms with Crippen molar-refractivity contribution in [3.8, 4) is 0 Å². The van der Waals surface area contributed by atoms with E-state index >= 15 is 0 Å². The molecule has 0 N–H and O–H groups in total. The maximum Gasteiger partial charge on any atom is 0.230 e. The number of amides is 2. The highest BCUT2D eigenvalue weighted by Gasteiger charge is 2.36. The summed E-state index contributed by atoms with van der Waals surface area (Å²) in [4.78, 5) is 29.8. The number of para-hydroxylation sites is 1. The number of nitrogens with zero attached hydrogens (tertiary/aromatic N) is 2. The number of hydrogen-bond donors (Lipinski definition) is 0. The van der Waals surface area contributed by atoms with Crippen molar-refractivity contribution in [2.45, 2.75) is 45.6 Å². The number of hydrogen-bond acceptors (Lipinski definition) is 2. The second kappa shape index (κ2) is 7.78. The topological polar surface area (TPSA) is 40.6 Å². The van der Waals surface area contributed by atoms with Gasteiger partial charge in [0.05, 0.1) is 6.42 Å². The van der Waals surface area contributed by atoms with E-state index in [1.165, 1.54) is 5.56 Å². The summed E-state index contributed by atoms with van der Waals surface area (Å²) in [5.74, 6) is 0.402. The van der Waals surface area contributed by atoms with E-state index in [0.29, 0.717) is 19.5 Å². The number of fused-ring (bicyclic) bond motifs is 1. The van der Waals surface area contributed by atoms with Crippen molar-refractivity contribution in [3.63, 3.8) is 0 Å². The van der Waals surface area contributed by atoms with Gasteiger partial charge in [-0.15, -0.1) is 0 Å². The Morgan fingerprint density at radius 3 is 2.43 bits per heavy atom. The van der Waals surface area contributed by atoms with Gasteiger partial charge in [0.25, 0.3) is 0 Å². The molecule has 4 nitrogen and oxygen atoms in total. The highest BCUT2D eigenvalue weighted by Crippen LogP contribution is 2.34. The normalized spacial score (nSPS) is 19.6. The molecule has 2 aliphatic heterocycles. The molecule has 0 aromatic heterocycles. The van der Waals surface area contributed by atoms with E-state index in [1.54, 1.807) is 0 Å². The molecule has 146 valence electrons. The predicted molar refractivity (Wildman–Crippen MR) is 111 cm³/mol. The van der Waals surface area contributed by atoms with Gasteiger partial charge in [0.1, 0.15) is 0 Å². The fraction of sp³-hybridized carbons (Fsp3) is 0.417. The summed E-state index contributed by atoms with van der Waals surface area (Å²) in [5, 5.41) is 0. The first-order chi connectivity index (χ1) is 13.5. The molecule has 0 aliphatic carbocycles. The van der Waals surface area contributed by atoms with Crippen molar-refractivity contribution in [2.75, 3.05) is 18.0 Å². The molecular formula is C24H28N2O2. The van der Waals surface area contributed by atoms with E-state index in [4.69, 9.17) is 0 Å². The lowest BCUT2D eigenvalue weighted by molar-refractivity contribution is -0.134. The molecule has 1 fully saturated rings. The minimum Gasteiger partial charge on any atom is -0.342 e. The molecule has 0 saturated carbocycles. The minimum absolute atomic E-state index is 0.0103. The number of carbonyl (C=O) groups excluding carboxylic acids is 2. The van der Waals surface area contributed by atoms with E-state index in [2.05, 4.69) is 19.1 Å². The molecule has 1 atom stereocenters. The Morgan fingerprint density at radius 1 is 1.00 bits per heavy atom. The smallest absolute Gasteiger partial charge is 0.230 e. The zero-order valence-corrected chi connectivity index (χ0v) is 16.7. The maximum atomic E-state index is 13.2. The van der Waals surface area contributed by atoms with Crippen LogP contribution < -0.4 is 4.90 Å². The number of piperidine rings is 1. The SMILES string of the molecule is Cc1ccccc1CC(=O)N1CCC(C(=O)N2c3ccccc3CC2C)CC1. The largest absolute Gasteiger partial charge is 0.342 e. The number of carbonyl (C=O) groups is 2. The van der Waals surface area contributed by atoms with Gasteiger partial charge < -0.3 is 9.80 Å². The minimum atomic E-state index is 0.0103. The van der Waals surface area contributed by atoms with Crippen LogP contribution in [-0.4, -0.2) is 35.8 Å². The van der Waals surface area contributed by atoms with Crippen LogP contribution in [0.2, 0.25) is 0 Å². The molecule has 2 aromatic rings. The molecule has 4 heteroatoms. The zero-order valence-electron chi connectivity index (χ0n) is 16.7. The molecule has 1 saturated heterocycles. The first-order valence-electron chi connectivity index (χ1n) is 10.3. The summed E-state index contributed by atoms with van der Waals surface area (Å²) in [7, 11) is 0. The average molecular weight is 377 g/mol. The van der Waals surface area contributed by atoms with Crippen LogP contribution in [0.4, 0.5) is 5.69 Å². The third-order valence-corrected chi connectivity index (χ3v) is 6.24. The van der Waals surface area contributed by atoms with Crippen LogP contribution in [-0.2, 0) is 22.4 Å². The fourth-order valence-electron chi connectivity index (χ4n) is 4.56. The molecule has 2 amide bonds. The Balaban J connectivity index is 1.37. The number of likely N-dealkylation sites (tertiary alicyclic amines) is 1. The van der Waals surface area contributed by atoms with Gasteiger partial charge >= 0.3 is 0 Å². The van der Waals surface area contributed by atoms with Gasteiger partial charge in [0.2, 0.25) is 11.8 Å². The number of rotatable bonds is 3. The van der Waals surface area contributed by atoms with Gasteiger partial charge in [-0.05, 0) is 55.9 Å². The highest BCUT2D eigenvalue weighted by molar-refractivity contribution is 5.97. The van der Waals surface area contributed by atoms with E-state index in [9.17, 15) is 9.59 Å².